The van der Waals surface area contributed by atoms with Crippen molar-refractivity contribution in [2.45, 2.75) is 84.0 Å². The zero-order chi connectivity index (χ0) is 28.1. The molecule has 1 unspecified atom stereocenters. The third-order valence-corrected chi connectivity index (χ3v) is 8.65. The second-order valence-corrected chi connectivity index (χ2v) is 11.3. The summed E-state index contributed by atoms with van der Waals surface area (Å²) in [5.74, 6) is 1.26. The molecule has 0 bridgehead atoms. The Morgan fingerprint density at radius 1 is 1.05 bits per heavy atom. The Balaban J connectivity index is 1.15. The fourth-order valence-corrected chi connectivity index (χ4v) is 6.38. The second kappa shape index (κ2) is 12.7. The van der Waals surface area contributed by atoms with Crippen LogP contribution < -0.4 is 26.0 Å². The average molecular weight is 569 g/mol. The first kappa shape index (κ1) is 27.9. The van der Waals surface area contributed by atoms with Gasteiger partial charge in [-0.2, -0.15) is 0 Å². The van der Waals surface area contributed by atoms with Crippen molar-refractivity contribution in [2.75, 3.05) is 13.3 Å². The van der Waals surface area contributed by atoms with Crippen LogP contribution in [-0.4, -0.2) is 45.2 Å². The van der Waals surface area contributed by atoms with E-state index < -0.39 is 5.69 Å². The van der Waals surface area contributed by atoms with E-state index in [2.05, 4.69) is 12.2 Å². The summed E-state index contributed by atoms with van der Waals surface area (Å²) >= 11 is 1.29. The first-order valence-electron chi connectivity index (χ1n) is 14.1. The molecule has 1 saturated heterocycles. The number of rotatable bonds is 11. The van der Waals surface area contributed by atoms with Crippen LogP contribution in [0.15, 0.2) is 39.2 Å². The van der Waals surface area contributed by atoms with E-state index in [-0.39, 0.29) is 43.3 Å². The van der Waals surface area contributed by atoms with Crippen molar-refractivity contribution < 1.29 is 19.1 Å². The van der Waals surface area contributed by atoms with Crippen molar-refractivity contribution in [3.63, 3.8) is 0 Å². The molecule has 2 aliphatic rings. The maximum Gasteiger partial charge on any atom is 0.332 e. The Hall–Kier alpha value is -3.60. The number of nitrogens with one attached hydrogen (secondary N) is 1. The molecule has 5 rings (SSSR count). The molecule has 0 aliphatic carbocycles. The number of carbonyl (C=O) groups is 2. The van der Waals surface area contributed by atoms with Gasteiger partial charge in [0, 0.05) is 32.1 Å². The second-order valence-electron chi connectivity index (χ2n) is 10.4. The molecule has 1 N–H and O–H groups in total. The van der Waals surface area contributed by atoms with E-state index in [1.54, 1.807) is 11.4 Å². The first-order valence-corrected chi connectivity index (χ1v) is 15.0. The third-order valence-electron chi connectivity index (χ3n) is 7.76. The molecule has 3 aromatic rings. The molecule has 1 aromatic carbocycles. The fourth-order valence-electron chi connectivity index (χ4n) is 5.53. The molecule has 4 heterocycles. The van der Waals surface area contributed by atoms with Gasteiger partial charge in [0.1, 0.15) is 11.2 Å². The molecule has 2 amide bonds. The fraction of sp³-hybridized carbons (Fsp3) is 0.517. The number of carbonyl (C=O) groups excluding carboxylic acids is 2. The lowest BCUT2D eigenvalue weighted by Gasteiger charge is -2.35. The SMILES string of the molecule is CCC1CCCCN1C(=O)Cn1c(=O)n(CCCCCC(=O)NCc2ccc3c(c2)OCO3)c(=O)c2sccc21. The van der Waals surface area contributed by atoms with Gasteiger partial charge in [-0.3, -0.25) is 23.5 Å². The molecule has 40 heavy (non-hydrogen) atoms. The summed E-state index contributed by atoms with van der Waals surface area (Å²) in [5, 5.41) is 4.70. The van der Waals surface area contributed by atoms with E-state index in [1.807, 2.05) is 23.1 Å². The van der Waals surface area contributed by atoms with Gasteiger partial charge in [-0.1, -0.05) is 19.4 Å². The zero-order valence-corrected chi connectivity index (χ0v) is 23.7. The van der Waals surface area contributed by atoms with Crippen molar-refractivity contribution in [3.8, 4) is 11.5 Å². The van der Waals surface area contributed by atoms with Gasteiger partial charge in [-0.15, -0.1) is 11.3 Å². The minimum Gasteiger partial charge on any atom is -0.454 e. The molecule has 1 fully saturated rings. The number of amides is 2. The smallest absolute Gasteiger partial charge is 0.332 e. The van der Waals surface area contributed by atoms with E-state index in [0.29, 0.717) is 60.5 Å². The molecular weight excluding hydrogens is 532 g/mol. The minimum atomic E-state index is -0.448. The van der Waals surface area contributed by atoms with Crippen LogP contribution in [0.2, 0.25) is 0 Å². The standard InChI is InChI=1S/C29H36N4O6S/c1-2-21-8-5-7-13-31(21)26(35)18-33-22-12-15-40-27(22)28(36)32(29(33)37)14-6-3-4-9-25(34)30-17-20-10-11-23-24(16-20)39-19-38-23/h10-12,15-16,21H,2-9,13-14,17-19H2,1H3,(H,30,34). The number of thiophene rings is 1. The van der Waals surface area contributed by atoms with Gasteiger partial charge in [-0.25, -0.2) is 4.79 Å². The van der Waals surface area contributed by atoms with E-state index in [0.717, 1.165) is 31.2 Å². The first-order chi connectivity index (χ1) is 19.5. The third kappa shape index (κ3) is 6.09. The van der Waals surface area contributed by atoms with E-state index in [4.69, 9.17) is 9.47 Å². The Morgan fingerprint density at radius 3 is 2.75 bits per heavy atom. The summed E-state index contributed by atoms with van der Waals surface area (Å²) in [7, 11) is 0. The summed E-state index contributed by atoms with van der Waals surface area (Å²) in [6.45, 7) is 3.60. The summed E-state index contributed by atoms with van der Waals surface area (Å²) in [4.78, 5) is 54.0. The van der Waals surface area contributed by atoms with Crippen LogP contribution in [0.5, 0.6) is 11.5 Å². The van der Waals surface area contributed by atoms with Crippen LogP contribution in [0.4, 0.5) is 0 Å². The van der Waals surface area contributed by atoms with Crippen LogP contribution in [-0.2, 0) is 29.2 Å². The van der Waals surface area contributed by atoms with E-state index in [9.17, 15) is 19.2 Å². The predicted octanol–water partition coefficient (Wildman–Crippen LogP) is 3.62. The number of hydrogen-bond acceptors (Lipinski definition) is 7. The van der Waals surface area contributed by atoms with Crippen molar-refractivity contribution in [3.05, 3.63) is 56.0 Å². The highest BCUT2D eigenvalue weighted by Gasteiger charge is 2.26. The van der Waals surface area contributed by atoms with Crippen LogP contribution in [0.1, 0.15) is 63.9 Å². The molecule has 0 saturated carbocycles. The molecule has 2 aromatic heterocycles. The van der Waals surface area contributed by atoms with Gasteiger partial charge in [0.15, 0.2) is 11.5 Å². The largest absolute Gasteiger partial charge is 0.454 e. The summed E-state index contributed by atoms with van der Waals surface area (Å²) in [5.41, 5.74) is 0.690. The topological polar surface area (TPSA) is 112 Å². The molecule has 11 heteroatoms. The summed E-state index contributed by atoms with van der Waals surface area (Å²) < 4.78 is 13.9. The predicted molar refractivity (Wildman–Crippen MR) is 153 cm³/mol. The molecular formula is C29H36N4O6S. The number of likely N-dealkylation sites (tertiary alicyclic amines) is 1. The Bertz CT molecular complexity index is 1490. The van der Waals surface area contributed by atoms with Crippen LogP contribution in [0.25, 0.3) is 10.2 Å². The van der Waals surface area contributed by atoms with E-state index >= 15 is 0 Å². The van der Waals surface area contributed by atoms with Gasteiger partial charge >= 0.3 is 5.69 Å². The number of benzene rings is 1. The van der Waals surface area contributed by atoms with Crippen molar-refractivity contribution in [1.82, 2.24) is 19.4 Å². The Labute approximate surface area is 236 Å². The number of nitrogens with zero attached hydrogens (tertiary/aromatic N) is 3. The number of piperidine rings is 1. The van der Waals surface area contributed by atoms with Crippen molar-refractivity contribution in [2.24, 2.45) is 0 Å². The summed E-state index contributed by atoms with van der Waals surface area (Å²) in [6.07, 6.45) is 6.24. The molecule has 10 nitrogen and oxygen atoms in total. The van der Waals surface area contributed by atoms with Crippen LogP contribution in [0, 0.1) is 0 Å². The van der Waals surface area contributed by atoms with Gasteiger partial charge in [0.2, 0.25) is 18.6 Å². The maximum absolute atomic E-state index is 13.4. The normalized spacial score (nSPS) is 16.4. The highest BCUT2D eigenvalue weighted by molar-refractivity contribution is 7.17. The zero-order valence-electron chi connectivity index (χ0n) is 22.9. The van der Waals surface area contributed by atoms with Crippen LogP contribution in [0.3, 0.4) is 0 Å². The molecule has 2 aliphatic heterocycles. The van der Waals surface area contributed by atoms with Crippen LogP contribution >= 0.6 is 11.3 Å². The Kier molecular flexibility index (Phi) is 8.88. The number of unbranched alkanes of at least 4 members (excludes halogenated alkanes) is 2. The van der Waals surface area contributed by atoms with Gasteiger partial charge in [-0.05, 0) is 67.7 Å². The lowest BCUT2D eigenvalue weighted by atomic mass is 10.00. The van der Waals surface area contributed by atoms with Crippen molar-refractivity contribution >= 4 is 33.4 Å². The van der Waals surface area contributed by atoms with Gasteiger partial charge < -0.3 is 19.7 Å². The summed E-state index contributed by atoms with van der Waals surface area (Å²) in [6, 6.07) is 7.54. The molecule has 214 valence electrons. The highest BCUT2D eigenvalue weighted by atomic mass is 32.1. The lowest BCUT2D eigenvalue weighted by molar-refractivity contribution is -0.135. The monoisotopic (exact) mass is 568 g/mol. The minimum absolute atomic E-state index is 0.0567. The molecule has 0 spiro atoms. The van der Waals surface area contributed by atoms with E-state index in [1.165, 1.54) is 20.5 Å². The Morgan fingerprint density at radius 2 is 1.90 bits per heavy atom. The number of fused-ring (bicyclic) bond motifs is 2. The maximum atomic E-state index is 13.4. The van der Waals surface area contributed by atoms with Gasteiger partial charge in [0.05, 0.1) is 5.52 Å². The number of ether oxygens (including phenoxy) is 2. The lowest BCUT2D eigenvalue weighted by Crippen LogP contribution is -2.47. The quantitative estimate of drug-likeness (QED) is 0.354. The van der Waals surface area contributed by atoms with Gasteiger partial charge in [0.25, 0.3) is 5.56 Å². The van der Waals surface area contributed by atoms with Crippen molar-refractivity contribution in [1.29, 1.82) is 0 Å². The average Bonchev–Trinajstić information content (AvgIpc) is 3.65. The molecule has 0 radical (unpaired) electrons. The highest BCUT2D eigenvalue weighted by Crippen LogP contribution is 2.32. The number of aromatic nitrogens is 2. The molecule has 1 atom stereocenters. The number of hydrogen-bond donors (Lipinski definition) is 1.